The van der Waals surface area contributed by atoms with E-state index in [1.807, 2.05) is 36.4 Å². The number of benzene rings is 1. The van der Waals surface area contributed by atoms with Gasteiger partial charge >= 0.3 is 0 Å². The van der Waals surface area contributed by atoms with Gasteiger partial charge in [0.1, 0.15) is 0 Å². The number of carbonyl (C=O) groups excluding carboxylic acids is 1. The number of hydrogen-bond donors (Lipinski definition) is 1. The number of nitrogens with zero attached hydrogens (tertiary/aromatic N) is 3. The average molecular weight is 282 g/mol. The summed E-state index contributed by atoms with van der Waals surface area (Å²) in [5.74, 6) is 0.616. The van der Waals surface area contributed by atoms with E-state index in [-0.39, 0.29) is 5.91 Å². The fourth-order valence-electron chi connectivity index (χ4n) is 2.45. The predicted octanol–water partition coefficient (Wildman–Crippen LogP) is 2.72. The summed E-state index contributed by atoms with van der Waals surface area (Å²) in [6.07, 6.45) is 3.66. The predicted molar refractivity (Wildman–Crippen MR) is 82.5 cm³/mol. The number of anilines is 2. The number of nitrogens with one attached hydrogen (secondary N) is 1. The van der Waals surface area contributed by atoms with Crippen molar-refractivity contribution in [1.29, 1.82) is 0 Å². The molecule has 0 unspecified atom stereocenters. The maximum absolute atomic E-state index is 12.1. The van der Waals surface area contributed by atoms with E-state index in [1.165, 1.54) is 19.3 Å². The first kappa shape index (κ1) is 13.5. The molecule has 21 heavy (non-hydrogen) atoms. The van der Waals surface area contributed by atoms with Gasteiger partial charge in [-0.3, -0.25) is 4.79 Å². The van der Waals surface area contributed by atoms with Crippen LogP contribution in [-0.4, -0.2) is 29.2 Å². The Hall–Kier alpha value is -2.43. The molecule has 1 amide bonds. The lowest BCUT2D eigenvalue weighted by Crippen LogP contribution is -2.30. The van der Waals surface area contributed by atoms with Gasteiger partial charge in [0, 0.05) is 18.8 Å². The van der Waals surface area contributed by atoms with E-state index in [1.54, 1.807) is 6.07 Å². The van der Waals surface area contributed by atoms with Crippen molar-refractivity contribution in [3.63, 3.8) is 0 Å². The minimum absolute atomic E-state index is 0.237. The second-order valence-corrected chi connectivity index (χ2v) is 5.14. The molecule has 0 bridgehead atoms. The van der Waals surface area contributed by atoms with Crippen molar-refractivity contribution in [3.8, 4) is 0 Å². The van der Waals surface area contributed by atoms with Gasteiger partial charge < -0.3 is 10.2 Å². The van der Waals surface area contributed by atoms with Crippen LogP contribution in [0.4, 0.5) is 11.5 Å². The van der Waals surface area contributed by atoms with Gasteiger partial charge in [0.15, 0.2) is 11.5 Å². The van der Waals surface area contributed by atoms with E-state index >= 15 is 0 Å². The van der Waals surface area contributed by atoms with E-state index in [4.69, 9.17) is 0 Å². The number of amides is 1. The molecule has 1 aromatic carbocycles. The van der Waals surface area contributed by atoms with Crippen molar-refractivity contribution in [1.82, 2.24) is 10.2 Å². The summed E-state index contributed by atoms with van der Waals surface area (Å²) < 4.78 is 0. The van der Waals surface area contributed by atoms with Crippen molar-refractivity contribution in [3.05, 3.63) is 48.2 Å². The summed E-state index contributed by atoms with van der Waals surface area (Å²) in [6, 6.07) is 12.9. The zero-order valence-corrected chi connectivity index (χ0v) is 11.8. The molecule has 2 heterocycles. The molecule has 1 aliphatic heterocycles. The molecule has 0 saturated carbocycles. The molecule has 1 aliphatic rings. The first-order valence-electron chi connectivity index (χ1n) is 7.28. The summed E-state index contributed by atoms with van der Waals surface area (Å²) in [5, 5.41) is 11.0. The van der Waals surface area contributed by atoms with Crippen LogP contribution in [0.2, 0.25) is 0 Å². The van der Waals surface area contributed by atoms with Crippen LogP contribution in [0.25, 0.3) is 0 Å². The molecule has 5 nitrogen and oxygen atoms in total. The number of rotatable bonds is 3. The number of para-hydroxylation sites is 1. The maximum atomic E-state index is 12.1. The molecule has 1 fully saturated rings. The molecule has 0 spiro atoms. The second kappa shape index (κ2) is 6.35. The molecule has 108 valence electrons. The van der Waals surface area contributed by atoms with E-state index in [2.05, 4.69) is 20.4 Å². The highest BCUT2D eigenvalue weighted by Gasteiger charge is 2.14. The SMILES string of the molecule is O=C(Nc1ccccc1)c1ccc(N2CCCCC2)nn1. The molecule has 2 aromatic rings. The standard InChI is InChI=1S/C16H18N4O/c21-16(17-13-7-3-1-4-8-13)14-9-10-15(19-18-14)20-11-5-2-6-12-20/h1,3-4,7-10H,2,5-6,11-12H2,(H,17,21). The van der Waals surface area contributed by atoms with E-state index in [0.29, 0.717) is 5.69 Å². The number of piperidine rings is 1. The summed E-state index contributed by atoms with van der Waals surface area (Å²) >= 11 is 0. The lowest BCUT2D eigenvalue weighted by atomic mass is 10.1. The Bertz CT molecular complexity index is 591. The first-order chi connectivity index (χ1) is 10.3. The van der Waals surface area contributed by atoms with Crippen molar-refractivity contribution in [2.75, 3.05) is 23.3 Å². The molecule has 3 rings (SSSR count). The molecule has 1 saturated heterocycles. The third-order valence-corrected chi connectivity index (χ3v) is 3.59. The second-order valence-electron chi connectivity index (χ2n) is 5.14. The Balaban J connectivity index is 1.67. The van der Waals surface area contributed by atoms with Crippen LogP contribution in [-0.2, 0) is 0 Å². The maximum Gasteiger partial charge on any atom is 0.276 e. The third kappa shape index (κ3) is 3.37. The van der Waals surface area contributed by atoms with Gasteiger partial charge in [0.05, 0.1) is 0 Å². The molecule has 0 atom stereocenters. The lowest BCUT2D eigenvalue weighted by Gasteiger charge is -2.27. The topological polar surface area (TPSA) is 58.1 Å². The summed E-state index contributed by atoms with van der Waals surface area (Å²) in [4.78, 5) is 14.3. The Morgan fingerprint density at radius 3 is 2.38 bits per heavy atom. The number of aromatic nitrogens is 2. The number of hydrogen-bond acceptors (Lipinski definition) is 4. The van der Waals surface area contributed by atoms with Crippen LogP contribution < -0.4 is 10.2 Å². The summed E-state index contributed by atoms with van der Waals surface area (Å²) in [6.45, 7) is 2.04. The first-order valence-corrected chi connectivity index (χ1v) is 7.28. The van der Waals surface area contributed by atoms with Crippen LogP contribution in [0.1, 0.15) is 29.8 Å². The highest BCUT2D eigenvalue weighted by Crippen LogP contribution is 2.16. The van der Waals surface area contributed by atoms with Gasteiger partial charge in [-0.25, -0.2) is 0 Å². The lowest BCUT2D eigenvalue weighted by molar-refractivity contribution is 0.102. The fourth-order valence-corrected chi connectivity index (χ4v) is 2.45. The molecule has 0 radical (unpaired) electrons. The van der Waals surface area contributed by atoms with Gasteiger partial charge in [-0.15, -0.1) is 10.2 Å². The smallest absolute Gasteiger partial charge is 0.276 e. The van der Waals surface area contributed by atoms with Gasteiger partial charge in [0.25, 0.3) is 5.91 Å². The summed E-state index contributed by atoms with van der Waals surface area (Å²) in [5.41, 5.74) is 1.09. The zero-order chi connectivity index (χ0) is 14.5. The highest BCUT2D eigenvalue weighted by atomic mass is 16.1. The van der Waals surface area contributed by atoms with Crippen molar-refractivity contribution in [2.24, 2.45) is 0 Å². The average Bonchev–Trinajstić information content (AvgIpc) is 2.57. The monoisotopic (exact) mass is 282 g/mol. The largest absolute Gasteiger partial charge is 0.355 e. The minimum atomic E-state index is -0.237. The molecule has 1 N–H and O–H groups in total. The molecule has 5 heteroatoms. The van der Waals surface area contributed by atoms with Crippen molar-refractivity contribution in [2.45, 2.75) is 19.3 Å². The highest BCUT2D eigenvalue weighted by molar-refractivity contribution is 6.02. The van der Waals surface area contributed by atoms with Crippen molar-refractivity contribution >= 4 is 17.4 Å². The van der Waals surface area contributed by atoms with Gasteiger partial charge in [-0.1, -0.05) is 18.2 Å². The van der Waals surface area contributed by atoms with E-state index in [0.717, 1.165) is 24.6 Å². The number of carbonyl (C=O) groups is 1. The minimum Gasteiger partial charge on any atom is -0.355 e. The van der Waals surface area contributed by atoms with Gasteiger partial charge in [0.2, 0.25) is 0 Å². The van der Waals surface area contributed by atoms with Crippen LogP contribution in [0, 0.1) is 0 Å². The molecule has 1 aromatic heterocycles. The Morgan fingerprint density at radius 1 is 0.952 bits per heavy atom. The van der Waals surface area contributed by atoms with Gasteiger partial charge in [-0.2, -0.15) is 0 Å². The molecular weight excluding hydrogens is 264 g/mol. The van der Waals surface area contributed by atoms with E-state index in [9.17, 15) is 4.79 Å². The Labute approximate surface area is 124 Å². The summed E-state index contributed by atoms with van der Waals surface area (Å²) in [7, 11) is 0. The fraction of sp³-hybridized carbons (Fsp3) is 0.312. The van der Waals surface area contributed by atoms with Crippen LogP contribution in [0.15, 0.2) is 42.5 Å². The van der Waals surface area contributed by atoms with Crippen LogP contribution in [0.3, 0.4) is 0 Å². The van der Waals surface area contributed by atoms with Crippen LogP contribution in [0.5, 0.6) is 0 Å². The molecule has 0 aliphatic carbocycles. The van der Waals surface area contributed by atoms with E-state index < -0.39 is 0 Å². The van der Waals surface area contributed by atoms with Crippen LogP contribution >= 0.6 is 0 Å². The Kier molecular flexibility index (Phi) is 4.09. The molecular formula is C16H18N4O. The Morgan fingerprint density at radius 2 is 1.71 bits per heavy atom. The van der Waals surface area contributed by atoms with Crippen molar-refractivity contribution < 1.29 is 4.79 Å². The quantitative estimate of drug-likeness (QED) is 0.940. The van der Waals surface area contributed by atoms with Gasteiger partial charge in [-0.05, 0) is 43.5 Å². The normalized spacial score (nSPS) is 14.8. The zero-order valence-electron chi connectivity index (χ0n) is 11.8. The third-order valence-electron chi connectivity index (χ3n) is 3.59.